The summed E-state index contributed by atoms with van der Waals surface area (Å²) in [5.41, 5.74) is 4.07. The summed E-state index contributed by atoms with van der Waals surface area (Å²) in [6, 6.07) is 6.05. The van der Waals surface area contributed by atoms with Crippen LogP contribution in [-0.4, -0.2) is 21.7 Å². The summed E-state index contributed by atoms with van der Waals surface area (Å²) in [6.45, 7) is 6.02. The van der Waals surface area contributed by atoms with E-state index in [2.05, 4.69) is 21.8 Å². The minimum absolute atomic E-state index is 0.00541. The number of rotatable bonds is 5. The van der Waals surface area contributed by atoms with Gasteiger partial charge >= 0.3 is 0 Å². The number of anilines is 2. The van der Waals surface area contributed by atoms with Gasteiger partial charge in [-0.2, -0.15) is 5.10 Å². The second kappa shape index (κ2) is 6.43. The molecule has 5 heteroatoms. The molecule has 2 N–H and O–H groups in total. The van der Waals surface area contributed by atoms with Crippen LogP contribution in [0.5, 0.6) is 0 Å². The van der Waals surface area contributed by atoms with Crippen molar-refractivity contribution in [1.82, 2.24) is 9.78 Å². The van der Waals surface area contributed by atoms with Crippen molar-refractivity contribution in [2.75, 3.05) is 10.6 Å². The third-order valence-corrected chi connectivity index (χ3v) is 3.27. The van der Waals surface area contributed by atoms with Crippen LogP contribution >= 0.6 is 0 Å². The van der Waals surface area contributed by atoms with Crippen LogP contribution < -0.4 is 10.6 Å². The molecule has 2 aromatic rings. The van der Waals surface area contributed by atoms with Crippen molar-refractivity contribution in [3.05, 3.63) is 41.7 Å². The van der Waals surface area contributed by atoms with Gasteiger partial charge < -0.3 is 10.6 Å². The number of hydrogen-bond donors (Lipinski definition) is 2. The first-order valence-electron chi connectivity index (χ1n) is 7.06. The quantitative estimate of drug-likeness (QED) is 0.888. The third kappa shape index (κ3) is 4.34. The Balaban J connectivity index is 1.89. The van der Waals surface area contributed by atoms with Crippen molar-refractivity contribution in [3.63, 3.8) is 0 Å². The Labute approximate surface area is 125 Å². The van der Waals surface area contributed by atoms with E-state index in [-0.39, 0.29) is 11.9 Å². The zero-order valence-electron chi connectivity index (χ0n) is 13.0. The number of hydrogen-bond acceptors (Lipinski definition) is 3. The molecule has 0 radical (unpaired) electrons. The first-order chi connectivity index (χ1) is 9.94. The molecule has 0 aliphatic heterocycles. The van der Waals surface area contributed by atoms with Crippen molar-refractivity contribution in [1.29, 1.82) is 0 Å². The molecular formula is C16H22N4O. The molecule has 0 fully saturated rings. The van der Waals surface area contributed by atoms with Crippen LogP contribution in [0.4, 0.5) is 11.4 Å². The lowest BCUT2D eigenvalue weighted by atomic mass is 10.1. The summed E-state index contributed by atoms with van der Waals surface area (Å²) >= 11 is 0. The van der Waals surface area contributed by atoms with Gasteiger partial charge in [-0.1, -0.05) is 17.7 Å². The number of nitrogens with one attached hydrogen (secondary N) is 2. The number of carbonyl (C=O) groups excluding carboxylic acids is 1. The van der Waals surface area contributed by atoms with Crippen LogP contribution in [0.25, 0.3) is 0 Å². The number of nitrogens with zero attached hydrogens (tertiary/aromatic N) is 2. The van der Waals surface area contributed by atoms with E-state index in [0.29, 0.717) is 6.42 Å². The topological polar surface area (TPSA) is 59.0 Å². The summed E-state index contributed by atoms with van der Waals surface area (Å²) in [5.74, 6) is 0.00541. The van der Waals surface area contributed by atoms with Gasteiger partial charge in [-0.3, -0.25) is 9.48 Å². The highest BCUT2D eigenvalue weighted by Gasteiger charge is 2.11. The smallest absolute Gasteiger partial charge is 0.226 e. The zero-order valence-corrected chi connectivity index (χ0v) is 13.0. The fourth-order valence-corrected chi connectivity index (χ4v) is 2.26. The lowest BCUT2D eigenvalue weighted by Gasteiger charge is -2.14. The van der Waals surface area contributed by atoms with Gasteiger partial charge in [0.05, 0.1) is 11.9 Å². The molecule has 1 heterocycles. The Morgan fingerprint density at radius 2 is 2.14 bits per heavy atom. The second-order valence-electron chi connectivity index (χ2n) is 5.52. The monoisotopic (exact) mass is 286 g/mol. The molecule has 1 aromatic heterocycles. The SMILES string of the molecule is Cc1ccc(NC(=O)CC(C)Nc2cnn(C)c2)c(C)c1. The Bertz CT molecular complexity index is 633. The summed E-state index contributed by atoms with van der Waals surface area (Å²) in [4.78, 5) is 12.1. The van der Waals surface area contributed by atoms with Gasteiger partial charge in [-0.05, 0) is 32.4 Å². The summed E-state index contributed by atoms with van der Waals surface area (Å²) in [7, 11) is 1.86. The van der Waals surface area contributed by atoms with E-state index in [1.54, 1.807) is 10.9 Å². The van der Waals surface area contributed by atoms with Crippen LogP contribution in [0.15, 0.2) is 30.6 Å². The van der Waals surface area contributed by atoms with E-state index < -0.39 is 0 Å². The van der Waals surface area contributed by atoms with Gasteiger partial charge in [-0.15, -0.1) is 0 Å². The molecule has 5 nitrogen and oxygen atoms in total. The first-order valence-corrected chi connectivity index (χ1v) is 7.06. The number of carbonyl (C=O) groups is 1. The van der Waals surface area contributed by atoms with Gasteiger partial charge in [0.1, 0.15) is 0 Å². The molecule has 0 saturated heterocycles. The minimum atomic E-state index is 0.00541. The van der Waals surface area contributed by atoms with Gasteiger partial charge in [0.2, 0.25) is 5.91 Å². The van der Waals surface area contributed by atoms with Crippen LogP contribution in [0.1, 0.15) is 24.5 Å². The van der Waals surface area contributed by atoms with E-state index in [1.807, 2.05) is 46.1 Å². The van der Waals surface area contributed by atoms with E-state index in [1.165, 1.54) is 5.56 Å². The molecular weight excluding hydrogens is 264 g/mol. The molecule has 112 valence electrons. The normalized spacial score (nSPS) is 12.0. The molecule has 2 rings (SSSR count). The van der Waals surface area contributed by atoms with Crippen LogP contribution in [0, 0.1) is 13.8 Å². The summed E-state index contributed by atoms with van der Waals surface area (Å²) < 4.78 is 1.73. The largest absolute Gasteiger partial charge is 0.380 e. The van der Waals surface area contributed by atoms with Crippen LogP contribution in [0.3, 0.4) is 0 Å². The summed E-state index contributed by atoms with van der Waals surface area (Å²) in [5, 5.41) is 10.3. The number of aromatic nitrogens is 2. The lowest BCUT2D eigenvalue weighted by molar-refractivity contribution is -0.116. The van der Waals surface area contributed by atoms with Crippen LogP contribution in [-0.2, 0) is 11.8 Å². The van der Waals surface area contributed by atoms with Crippen molar-refractivity contribution >= 4 is 17.3 Å². The molecule has 1 unspecified atom stereocenters. The number of aryl methyl sites for hydroxylation is 3. The molecule has 0 aliphatic carbocycles. The van der Waals surface area contributed by atoms with Gasteiger partial charge in [0.25, 0.3) is 0 Å². The van der Waals surface area contributed by atoms with E-state index in [0.717, 1.165) is 16.9 Å². The summed E-state index contributed by atoms with van der Waals surface area (Å²) in [6.07, 6.45) is 4.04. The fraction of sp³-hybridized carbons (Fsp3) is 0.375. The highest BCUT2D eigenvalue weighted by Crippen LogP contribution is 2.16. The van der Waals surface area contributed by atoms with Crippen molar-refractivity contribution < 1.29 is 4.79 Å². The molecule has 0 spiro atoms. The molecule has 0 saturated carbocycles. The molecule has 21 heavy (non-hydrogen) atoms. The number of benzene rings is 1. The minimum Gasteiger partial charge on any atom is -0.380 e. The van der Waals surface area contributed by atoms with Crippen molar-refractivity contribution in [2.24, 2.45) is 7.05 Å². The zero-order chi connectivity index (χ0) is 15.4. The Morgan fingerprint density at radius 3 is 2.76 bits per heavy atom. The van der Waals surface area contributed by atoms with Crippen molar-refractivity contribution in [2.45, 2.75) is 33.2 Å². The standard InChI is InChI=1S/C16H22N4O/c1-11-5-6-15(12(2)7-11)19-16(21)8-13(3)18-14-9-17-20(4)10-14/h5-7,9-10,13,18H,8H2,1-4H3,(H,19,21). The van der Waals surface area contributed by atoms with Crippen LogP contribution in [0.2, 0.25) is 0 Å². The fourth-order valence-electron chi connectivity index (χ4n) is 2.26. The molecule has 1 aromatic carbocycles. The Hall–Kier alpha value is -2.30. The Morgan fingerprint density at radius 1 is 1.38 bits per heavy atom. The van der Waals surface area contributed by atoms with Gasteiger partial charge in [0, 0.05) is 31.4 Å². The maximum atomic E-state index is 12.1. The molecule has 1 amide bonds. The lowest BCUT2D eigenvalue weighted by Crippen LogP contribution is -2.23. The predicted molar refractivity (Wildman–Crippen MR) is 85.5 cm³/mol. The Kier molecular flexibility index (Phi) is 4.62. The maximum Gasteiger partial charge on any atom is 0.226 e. The molecule has 0 aliphatic rings. The highest BCUT2D eigenvalue weighted by atomic mass is 16.1. The first kappa shape index (κ1) is 15.1. The van der Waals surface area contributed by atoms with Gasteiger partial charge in [-0.25, -0.2) is 0 Å². The third-order valence-electron chi connectivity index (χ3n) is 3.27. The predicted octanol–water partition coefficient (Wildman–Crippen LogP) is 2.87. The molecule has 1 atom stereocenters. The second-order valence-corrected chi connectivity index (χ2v) is 5.52. The highest BCUT2D eigenvalue weighted by molar-refractivity contribution is 5.92. The average Bonchev–Trinajstić information content (AvgIpc) is 2.78. The molecule has 0 bridgehead atoms. The number of amides is 1. The van der Waals surface area contributed by atoms with Gasteiger partial charge in [0.15, 0.2) is 0 Å². The maximum absolute atomic E-state index is 12.1. The van der Waals surface area contributed by atoms with Crippen molar-refractivity contribution in [3.8, 4) is 0 Å². The average molecular weight is 286 g/mol. The van der Waals surface area contributed by atoms with E-state index >= 15 is 0 Å². The van der Waals surface area contributed by atoms with E-state index in [9.17, 15) is 4.79 Å². The van der Waals surface area contributed by atoms with E-state index in [4.69, 9.17) is 0 Å².